The minimum atomic E-state index is -4.87. The van der Waals surface area contributed by atoms with Crippen LogP contribution in [0.5, 0.6) is 0 Å². The average molecular weight is 428 g/mol. The van der Waals surface area contributed by atoms with Crippen molar-refractivity contribution in [3.8, 4) is 0 Å². The van der Waals surface area contributed by atoms with Crippen LogP contribution >= 0.6 is 0 Å². The molecule has 0 unspecified atom stereocenters. The van der Waals surface area contributed by atoms with Crippen LogP contribution in [0.3, 0.4) is 0 Å². The molecule has 0 radical (unpaired) electrons. The Morgan fingerprint density at radius 3 is 1.07 bits per heavy atom. The number of halogens is 1. The standard InChI is InChI=1S/C20H26FNO4S2/c1-19(2,3)15-7-11-17(12-8-15)27(23,24)22(21)28(25,26)18-13-9-16(10-14-18)20(4,5)6/h7-14H,1-6H3. The van der Waals surface area contributed by atoms with Gasteiger partial charge in [0.1, 0.15) is 0 Å². The summed E-state index contributed by atoms with van der Waals surface area (Å²) in [4.78, 5) is -0.865. The van der Waals surface area contributed by atoms with E-state index >= 15 is 0 Å². The highest BCUT2D eigenvalue weighted by Gasteiger charge is 2.38. The number of rotatable bonds is 4. The van der Waals surface area contributed by atoms with Crippen molar-refractivity contribution >= 4 is 20.0 Å². The summed E-state index contributed by atoms with van der Waals surface area (Å²) < 4.78 is 63.6. The molecule has 0 N–H and O–H groups in total. The highest BCUT2D eigenvalue weighted by atomic mass is 32.3. The number of sulfonamides is 2. The maximum Gasteiger partial charge on any atom is 0.283 e. The minimum Gasteiger partial charge on any atom is -0.203 e. The highest BCUT2D eigenvalue weighted by Crippen LogP contribution is 2.29. The van der Waals surface area contributed by atoms with Crippen LogP contribution < -0.4 is 0 Å². The zero-order valence-corrected chi connectivity index (χ0v) is 18.5. The van der Waals surface area contributed by atoms with E-state index < -0.39 is 33.8 Å². The Morgan fingerprint density at radius 2 is 0.857 bits per heavy atom. The fourth-order valence-electron chi connectivity index (χ4n) is 2.55. The van der Waals surface area contributed by atoms with Gasteiger partial charge < -0.3 is 0 Å². The Hall–Kier alpha value is -1.77. The van der Waals surface area contributed by atoms with Crippen molar-refractivity contribution in [3.63, 3.8) is 0 Å². The van der Waals surface area contributed by atoms with Gasteiger partial charge in [-0.3, -0.25) is 0 Å². The largest absolute Gasteiger partial charge is 0.283 e. The molecule has 28 heavy (non-hydrogen) atoms. The number of hydrogen-bond donors (Lipinski definition) is 0. The molecule has 0 saturated heterocycles. The third-order valence-corrected chi connectivity index (χ3v) is 8.08. The highest BCUT2D eigenvalue weighted by molar-refractivity contribution is 8.03. The van der Waals surface area contributed by atoms with Gasteiger partial charge in [0.05, 0.1) is 13.7 Å². The first-order chi connectivity index (χ1) is 12.6. The molecule has 8 heteroatoms. The lowest BCUT2D eigenvalue weighted by molar-refractivity contribution is 0.250. The van der Waals surface area contributed by atoms with Crippen molar-refractivity contribution in [1.29, 1.82) is 0 Å². The summed E-state index contributed by atoms with van der Waals surface area (Å²) >= 11 is 0. The summed E-state index contributed by atoms with van der Waals surface area (Å²) in [6.45, 7) is 11.7. The van der Waals surface area contributed by atoms with Gasteiger partial charge in [-0.25, -0.2) is 16.8 Å². The van der Waals surface area contributed by atoms with Crippen LogP contribution in [0, 0.1) is 0 Å². The molecule has 154 valence electrons. The Bertz CT molecular complexity index is 958. The third-order valence-electron chi connectivity index (χ3n) is 4.41. The molecule has 0 spiro atoms. The fraction of sp³-hybridized carbons (Fsp3) is 0.400. The average Bonchev–Trinajstić information content (AvgIpc) is 2.59. The molecule has 0 amide bonds. The van der Waals surface area contributed by atoms with Crippen molar-refractivity contribution in [2.24, 2.45) is 0 Å². The van der Waals surface area contributed by atoms with E-state index in [0.717, 1.165) is 11.1 Å². The van der Waals surface area contributed by atoms with E-state index in [-0.39, 0.29) is 10.8 Å². The summed E-state index contributed by atoms with van der Waals surface area (Å²) in [6, 6.07) is 11.0. The van der Waals surface area contributed by atoms with Gasteiger partial charge in [0, 0.05) is 0 Å². The van der Waals surface area contributed by atoms with Gasteiger partial charge in [-0.05, 0) is 46.2 Å². The maximum absolute atomic E-state index is 14.7. The molecule has 0 bridgehead atoms. The zero-order valence-electron chi connectivity index (χ0n) is 16.9. The topological polar surface area (TPSA) is 71.5 Å². The quantitative estimate of drug-likeness (QED) is 0.672. The summed E-state index contributed by atoms with van der Waals surface area (Å²) in [5, 5.41) is 0. The van der Waals surface area contributed by atoms with Crippen LogP contribution in [0.15, 0.2) is 58.3 Å². The number of hydrogen-bond acceptors (Lipinski definition) is 4. The Morgan fingerprint density at radius 1 is 0.607 bits per heavy atom. The normalized spacial score (nSPS) is 13.7. The van der Waals surface area contributed by atoms with E-state index in [2.05, 4.69) is 0 Å². The predicted octanol–water partition coefficient (Wildman–Crippen LogP) is 4.55. The van der Waals surface area contributed by atoms with Gasteiger partial charge in [0.25, 0.3) is 20.0 Å². The van der Waals surface area contributed by atoms with Gasteiger partial charge in [-0.15, -0.1) is 4.48 Å². The molecule has 0 aliphatic rings. The van der Waals surface area contributed by atoms with Crippen LogP contribution in [0.25, 0.3) is 0 Å². The van der Waals surface area contributed by atoms with E-state index in [1.54, 1.807) is 24.3 Å². The molecule has 0 heterocycles. The van der Waals surface area contributed by atoms with Crippen LogP contribution in [-0.2, 0) is 30.9 Å². The van der Waals surface area contributed by atoms with Crippen molar-refractivity contribution in [3.05, 3.63) is 59.7 Å². The van der Waals surface area contributed by atoms with Gasteiger partial charge >= 0.3 is 0 Å². The molecule has 0 aliphatic carbocycles. The molecular formula is C20H26FNO4S2. The molecule has 2 aromatic carbocycles. The third kappa shape index (κ3) is 4.45. The molecule has 0 saturated carbocycles. The minimum absolute atomic E-state index is 0.224. The van der Waals surface area contributed by atoms with Crippen molar-refractivity contribution in [2.45, 2.75) is 62.2 Å². The van der Waals surface area contributed by atoms with Crippen LogP contribution in [-0.4, -0.2) is 20.8 Å². The van der Waals surface area contributed by atoms with Gasteiger partial charge in [-0.1, -0.05) is 65.8 Å². The fourth-order valence-corrected chi connectivity index (χ4v) is 5.39. The SMILES string of the molecule is CC(C)(C)c1ccc(S(=O)(=O)N(F)S(=O)(=O)c2ccc(C(C)(C)C)cc2)cc1. The first kappa shape index (κ1) is 22.5. The van der Waals surface area contributed by atoms with Gasteiger partial charge in [0.15, 0.2) is 0 Å². The lowest BCUT2D eigenvalue weighted by atomic mass is 9.87. The molecule has 0 aromatic heterocycles. The van der Waals surface area contributed by atoms with Crippen LogP contribution in [0.4, 0.5) is 4.48 Å². The number of benzene rings is 2. The first-order valence-electron chi connectivity index (χ1n) is 8.75. The predicted molar refractivity (Wildman–Crippen MR) is 108 cm³/mol. The molecule has 0 atom stereocenters. The Kier molecular flexibility index (Phi) is 5.82. The first-order valence-corrected chi connectivity index (χ1v) is 11.6. The monoisotopic (exact) mass is 427 g/mol. The lowest BCUT2D eigenvalue weighted by Crippen LogP contribution is -2.30. The lowest BCUT2D eigenvalue weighted by Gasteiger charge is -2.20. The number of nitrogens with zero attached hydrogens (tertiary/aromatic N) is 1. The summed E-state index contributed by atoms with van der Waals surface area (Å²) in [6.07, 6.45) is 0. The van der Waals surface area contributed by atoms with Crippen molar-refractivity contribution in [1.82, 2.24) is 3.93 Å². The van der Waals surface area contributed by atoms with E-state index in [1.807, 2.05) is 41.5 Å². The molecule has 2 rings (SSSR count). The van der Waals surface area contributed by atoms with Crippen LogP contribution in [0.2, 0.25) is 0 Å². The summed E-state index contributed by atoms with van der Waals surface area (Å²) in [5.41, 5.74) is 1.24. The van der Waals surface area contributed by atoms with E-state index in [0.29, 0.717) is 0 Å². The Labute approximate surface area is 167 Å². The van der Waals surface area contributed by atoms with Gasteiger partial charge in [0.2, 0.25) is 0 Å². The summed E-state index contributed by atoms with van der Waals surface area (Å²) in [7, 11) is -9.73. The second kappa shape index (κ2) is 7.24. The van der Waals surface area contributed by atoms with Crippen molar-refractivity contribution in [2.75, 3.05) is 0 Å². The van der Waals surface area contributed by atoms with E-state index in [9.17, 15) is 21.3 Å². The van der Waals surface area contributed by atoms with Gasteiger partial charge in [-0.2, -0.15) is 0 Å². The van der Waals surface area contributed by atoms with E-state index in [4.69, 9.17) is 0 Å². The maximum atomic E-state index is 14.7. The van der Waals surface area contributed by atoms with E-state index in [1.165, 1.54) is 24.3 Å². The molecule has 2 aromatic rings. The molecular weight excluding hydrogens is 401 g/mol. The molecule has 0 aliphatic heterocycles. The van der Waals surface area contributed by atoms with Crippen LogP contribution in [0.1, 0.15) is 52.7 Å². The second-order valence-corrected chi connectivity index (χ2v) is 12.4. The van der Waals surface area contributed by atoms with Crippen molar-refractivity contribution < 1.29 is 21.3 Å². The molecule has 5 nitrogen and oxygen atoms in total. The summed E-state index contributed by atoms with van der Waals surface area (Å²) in [5.74, 6) is 0. The smallest absolute Gasteiger partial charge is 0.203 e. The molecule has 0 fully saturated rings. The zero-order chi connectivity index (χ0) is 21.5. The second-order valence-electron chi connectivity index (χ2n) is 8.71. The Balaban J connectivity index is 2.41.